The van der Waals surface area contributed by atoms with Gasteiger partial charge in [0.1, 0.15) is 0 Å². The van der Waals surface area contributed by atoms with Gasteiger partial charge in [0.05, 0.1) is 13.2 Å². The summed E-state index contributed by atoms with van der Waals surface area (Å²) in [5, 5.41) is 0. The van der Waals surface area contributed by atoms with Crippen LogP contribution in [-0.2, 0) is 28.1 Å². The predicted molar refractivity (Wildman–Crippen MR) is 87.0 cm³/mol. The molecule has 114 valence electrons. The molecule has 2 nitrogen and oxygen atoms in total. The van der Waals surface area contributed by atoms with Gasteiger partial charge in [-0.15, -0.1) is 0 Å². The minimum Gasteiger partial charge on any atom is -0.342 e. The lowest BCUT2D eigenvalue weighted by Crippen LogP contribution is -2.38. The minimum absolute atomic E-state index is 0.703. The number of hydrogen-bond acceptors (Lipinski definition) is 2. The van der Waals surface area contributed by atoms with Crippen molar-refractivity contribution in [1.82, 2.24) is 0 Å². The summed E-state index contributed by atoms with van der Waals surface area (Å²) in [4.78, 5) is 0. The molecule has 2 heteroatoms. The van der Waals surface area contributed by atoms with E-state index < -0.39 is 5.79 Å². The molecule has 0 unspecified atom stereocenters. The highest BCUT2D eigenvalue weighted by Gasteiger charge is 2.43. The lowest BCUT2D eigenvalue weighted by atomic mass is 9.80. The third kappa shape index (κ3) is 2.10. The summed E-state index contributed by atoms with van der Waals surface area (Å²) in [5.74, 6) is -0.703. The van der Waals surface area contributed by atoms with Crippen LogP contribution in [-0.4, -0.2) is 13.2 Å². The number of ether oxygens (including phenoxy) is 2. The zero-order valence-electron chi connectivity index (χ0n) is 13.1. The van der Waals surface area contributed by atoms with Gasteiger partial charge < -0.3 is 9.47 Å². The van der Waals surface area contributed by atoms with E-state index in [-0.39, 0.29) is 0 Å². The standard InChI is InChI=1S/C20H22O2/c1-2-15-9-10-17-14-16-7-3-4-8-18(16)20(19(17)13-15)21-11-5-6-12-22-20/h3-4,7-10,13H,2,5-6,11-12,14H2,1H3. The van der Waals surface area contributed by atoms with Gasteiger partial charge in [-0.3, -0.25) is 0 Å². The van der Waals surface area contributed by atoms with E-state index in [0.29, 0.717) is 0 Å². The second-order valence-electron chi connectivity index (χ2n) is 6.20. The molecule has 0 radical (unpaired) electrons. The van der Waals surface area contributed by atoms with Crippen molar-refractivity contribution in [3.8, 4) is 0 Å². The molecule has 4 rings (SSSR count). The molecule has 2 aliphatic rings. The van der Waals surface area contributed by atoms with Gasteiger partial charge in [0.25, 0.3) is 0 Å². The molecule has 0 atom stereocenters. The summed E-state index contributed by atoms with van der Waals surface area (Å²) in [6.45, 7) is 3.70. The topological polar surface area (TPSA) is 18.5 Å². The molecule has 1 saturated heterocycles. The van der Waals surface area contributed by atoms with E-state index in [1.807, 2.05) is 0 Å². The number of hydrogen-bond donors (Lipinski definition) is 0. The van der Waals surface area contributed by atoms with Gasteiger partial charge in [0.15, 0.2) is 0 Å². The lowest BCUT2D eigenvalue weighted by Gasteiger charge is -2.39. The van der Waals surface area contributed by atoms with Gasteiger partial charge in [-0.1, -0.05) is 43.3 Å². The van der Waals surface area contributed by atoms with Crippen molar-refractivity contribution in [3.05, 3.63) is 70.3 Å². The fourth-order valence-electron chi connectivity index (χ4n) is 3.64. The quantitative estimate of drug-likeness (QED) is 0.785. The third-order valence-corrected chi connectivity index (χ3v) is 4.84. The molecule has 0 N–H and O–H groups in total. The Morgan fingerprint density at radius 1 is 0.909 bits per heavy atom. The monoisotopic (exact) mass is 294 g/mol. The highest BCUT2D eigenvalue weighted by atomic mass is 16.7. The summed E-state index contributed by atoms with van der Waals surface area (Å²) in [5.41, 5.74) is 6.40. The van der Waals surface area contributed by atoms with Gasteiger partial charge in [0.2, 0.25) is 5.79 Å². The number of rotatable bonds is 1. The molecular formula is C20H22O2. The first-order chi connectivity index (χ1) is 10.8. The van der Waals surface area contributed by atoms with Crippen molar-refractivity contribution in [2.24, 2.45) is 0 Å². The molecule has 0 amide bonds. The lowest BCUT2D eigenvalue weighted by molar-refractivity contribution is -0.206. The molecule has 1 heterocycles. The second-order valence-corrected chi connectivity index (χ2v) is 6.20. The average molecular weight is 294 g/mol. The third-order valence-electron chi connectivity index (χ3n) is 4.84. The van der Waals surface area contributed by atoms with Crippen LogP contribution >= 0.6 is 0 Å². The second kappa shape index (κ2) is 5.53. The van der Waals surface area contributed by atoms with Crippen molar-refractivity contribution >= 4 is 0 Å². The molecule has 2 aromatic rings. The summed E-state index contributed by atoms with van der Waals surface area (Å²) in [6.07, 6.45) is 4.12. The van der Waals surface area contributed by atoms with E-state index in [4.69, 9.17) is 9.47 Å². The van der Waals surface area contributed by atoms with Crippen LogP contribution in [0.25, 0.3) is 0 Å². The Labute approximate surface area is 132 Å². The fourth-order valence-corrected chi connectivity index (χ4v) is 3.64. The largest absolute Gasteiger partial charge is 0.342 e. The Morgan fingerprint density at radius 3 is 2.41 bits per heavy atom. The van der Waals surface area contributed by atoms with Crippen LogP contribution in [0.4, 0.5) is 0 Å². The van der Waals surface area contributed by atoms with E-state index in [9.17, 15) is 0 Å². The van der Waals surface area contributed by atoms with E-state index in [1.54, 1.807) is 0 Å². The summed E-state index contributed by atoms with van der Waals surface area (Å²) in [7, 11) is 0. The SMILES string of the molecule is CCc1ccc2c(c1)C1(OCCCCO1)c1ccccc1C2. The molecule has 0 saturated carbocycles. The molecule has 1 spiro atoms. The van der Waals surface area contributed by atoms with Gasteiger partial charge in [0, 0.05) is 11.1 Å². The number of aryl methyl sites for hydroxylation is 1. The first-order valence-electron chi connectivity index (χ1n) is 8.32. The van der Waals surface area contributed by atoms with Crippen molar-refractivity contribution in [3.63, 3.8) is 0 Å². The van der Waals surface area contributed by atoms with Gasteiger partial charge in [-0.05, 0) is 48.4 Å². The fraction of sp³-hybridized carbons (Fsp3) is 0.400. The molecule has 0 bridgehead atoms. The summed E-state index contributed by atoms with van der Waals surface area (Å²) in [6, 6.07) is 15.3. The molecule has 0 aromatic heterocycles. The Balaban J connectivity index is 1.94. The average Bonchev–Trinajstić information content (AvgIpc) is 2.82. The predicted octanol–water partition coefficient (Wildman–Crippen LogP) is 4.18. The van der Waals surface area contributed by atoms with Crippen LogP contribution in [0, 0.1) is 0 Å². The molecular weight excluding hydrogens is 272 g/mol. The van der Waals surface area contributed by atoms with E-state index >= 15 is 0 Å². The minimum atomic E-state index is -0.703. The van der Waals surface area contributed by atoms with Crippen LogP contribution < -0.4 is 0 Å². The van der Waals surface area contributed by atoms with Crippen molar-refractivity contribution in [2.75, 3.05) is 13.2 Å². The molecule has 22 heavy (non-hydrogen) atoms. The van der Waals surface area contributed by atoms with Gasteiger partial charge in [-0.2, -0.15) is 0 Å². The molecule has 1 fully saturated rings. The maximum atomic E-state index is 6.36. The van der Waals surface area contributed by atoms with Crippen LogP contribution in [0.1, 0.15) is 47.6 Å². The van der Waals surface area contributed by atoms with Gasteiger partial charge >= 0.3 is 0 Å². The zero-order valence-corrected chi connectivity index (χ0v) is 13.1. The highest BCUT2D eigenvalue weighted by Crippen LogP contribution is 2.45. The normalized spacial score (nSPS) is 19.3. The van der Waals surface area contributed by atoms with Crippen LogP contribution in [0.2, 0.25) is 0 Å². The van der Waals surface area contributed by atoms with Crippen LogP contribution in [0.15, 0.2) is 42.5 Å². The zero-order chi connectivity index (χ0) is 15.0. The van der Waals surface area contributed by atoms with Crippen molar-refractivity contribution < 1.29 is 9.47 Å². The van der Waals surface area contributed by atoms with E-state index in [1.165, 1.54) is 27.8 Å². The summed E-state index contributed by atoms with van der Waals surface area (Å²) < 4.78 is 12.7. The maximum absolute atomic E-state index is 6.36. The Morgan fingerprint density at radius 2 is 1.64 bits per heavy atom. The number of benzene rings is 2. The molecule has 1 aliphatic heterocycles. The Kier molecular flexibility index (Phi) is 3.51. The summed E-state index contributed by atoms with van der Waals surface area (Å²) >= 11 is 0. The number of fused-ring (bicyclic) bond motifs is 4. The molecule has 2 aromatic carbocycles. The van der Waals surface area contributed by atoms with Crippen molar-refractivity contribution in [1.29, 1.82) is 0 Å². The first-order valence-corrected chi connectivity index (χ1v) is 8.32. The Hall–Kier alpha value is -1.64. The van der Waals surface area contributed by atoms with Crippen molar-refractivity contribution in [2.45, 2.75) is 38.4 Å². The Bertz CT molecular complexity index is 682. The van der Waals surface area contributed by atoms with Crippen LogP contribution in [0.5, 0.6) is 0 Å². The van der Waals surface area contributed by atoms with E-state index in [0.717, 1.165) is 38.9 Å². The first kappa shape index (κ1) is 14.0. The van der Waals surface area contributed by atoms with Crippen LogP contribution in [0.3, 0.4) is 0 Å². The van der Waals surface area contributed by atoms with E-state index in [2.05, 4.69) is 49.4 Å². The maximum Gasteiger partial charge on any atom is 0.222 e. The van der Waals surface area contributed by atoms with Gasteiger partial charge in [-0.25, -0.2) is 0 Å². The smallest absolute Gasteiger partial charge is 0.222 e. The molecule has 1 aliphatic carbocycles. The highest BCUT2D eigenvalue weighted by molar-refractivity contribution is 5.51.